The smallest absolute Gasteiger partial charge is 0.245 e. The summed E-state index contributed by atoms with van der Waals surface area (Å²) < 4.78 is 0. The number of carbonyl (C=O) groups excluding carboxylic acids is 3. The number of hydrogen-bond donors (Lipinski definition) is 2. The lowest BCUT2D eigenvalue weighted by Crippen LogP contribution is -2.51. The van der Waals surface area contributed by atoms with E-state index in [2.05, 4.69) is 10.6 Å². The van der Waals surface area contributed by atoms with E-state index in [1.165, 1.54) is 0 Å². The molecule has 2 rings (SSSR count). The molecule has 2 heterocycles. The maximum Gasteiger partial charge on any atom is 0.245 e. The van der Waals surface area contributed by atoms with Crippen molar-refractivity contribution in [3.8, 4) is 0 Å². The van der Waals surface area contributed by atoms with Crippen LogP contribution in [-0.2, 0) is 14.4 Å². The van der Waals surface area contributed by atoms with Crippen LogP contribution < -0.4 is 10.6 Å². The maximum absolute atomic E-state index is 12.3. The van der Waals surface area contributed by atoms with Crippen molar-refractivity contribution in [2.24, 2.45) is 0 Å². The molecule has 2 saturated heterocycles. The van der Waals surface area contributed by atoms with Crippen molar-refractivity contribution in [2.75, 3.05) is 13.1 Å². The van der Waals surface area contributed by atoms with Crippen molar-refractivity contribution in [1.29, 1.82) is 0 Å². The highest BCUT2D eigenvalue weighted by atomic mass is 16.2. The van der Waals surface area contributed by atoms with E-state index >= 15 is 0 Å². The molecule has 0 unspecified atom stereocenters. The van der Waals surface area contributed by atoms with Crippen LogP contribution in [0.4, 0.5) is 0 Å². The Balaban J connectivity index is 1.96. The van der Waals surface area contributed by atoms with Crippen LogP contribution >= 0.6 is 0 Å². The Morgan fingerprint density at radius 3 is 2.84 bits per heavy atom. The second-order valence-electron chi connectivity index (χ2n) is 5.14. The van der Waals surface area contributed by atoms with Gasteiger partial charge in [-0.2, -0.15) is 0 Å². The van der Waals surface area contributed by atoms with Crippen molar-refractivity contribution >= 4 is 17.7 Å². The lowest BCUT2D eigenvalue weighted by Gasteiger charge is -2.26. The number of amides is 3. The Hall–Kier alpha value is -1.59. The fourth-order valence-electron chi connectivity index (χ4n) is 2.67. The van der Waals surface area contributed by atoms with Crippen LogP contribution in [0.2, 0.25) is 0 Å². The number of rotatable bonds is 4. The summed E-state index contributed by atoms with van der Waals surface area (Å²) >= 11 is 0. The molecule has 2 aliphatic heterocycles. The monoisotopic (exact) mass is 267 g/mol. The lowest BCUT2D eigenvalue weighted by atomic mass is 10.1. The van der Waals surface area contributed by atoms with Crippen LogP contribution in [0, 0.1) is 0 Å². The zero-order chi connectivity index (χ0) is 13.8. The van der Waals surface area contributed by atoms with E-state index in [0.717, 1.165) is 12.8 Å². The molecule has 2 atom stereocenters. The molecule has 2 aliphatic rings. The first-order valence-corrected chi connectivity index (χ1v) is 7.01. The van der Waals surface area contributed by atoms with Gasteiger partial charge in [0.15, 0.2) is 0 Å². The van der Waals surface area contributed by atoms with E-state index in [4.69, 9.17) is 0 Å². The first-order chi connectivity index (χ1) is 9.13. The van der Waals surface area contributed by atoms with Gasteiger partial charge in [0.25, 0.3) is 0 Å². The zero-order valence-electron chi connectivity index (χ0n) is 11.3. The van der Waals surface area contributed by atoms with Crippen LogP contribution in [0.15, 0.2) is 0 Å². The van der Waals surface area contributed by atoms with Gasteiger partial charge in [-0.15, -0.1) is 0 Å². The van der Waals surface area contributed by atoms with E-state index in [1.807, 2.05) is 6.92 Å². The molecule has 6 nitrogen and oxygen atoms in total. The van der Waals surface area contributed by atoms with Gasteiger partial charge in [0, 0.05) is 19.5 Å². The summed E-state index contributed by atoms with van der Waals surface area (Å²) in [6.07, 6.45) is 3.37. The third kappa shape index (κ3) is 3.05. The van der Waals surface area contributed by atoms with Gasteiger partial charge in [-0.3, -0.25) is 14.4 Å². The first-order valence-electron chi connectivity index (χ1n) is 7.01. The summed E-state index contributed by atoms with van der Waals surface area (Å²) in [4.78, 5) is 37.1. The molecular formula is C13H21N3O3. The molecule has 6 heteroatoms. The van der Waals surface area contributed by atoms with Gasteiger partial charge in [-0.05, 0) is 25.7 Å². The van der Waals surface area contributed by atoms with Gasteiger partial charge in [0.05, 0.1) is 0 Å². The minimum Gasteiger partial charge on any atom is -0.354 e. The molecule has 2 N–H and O–H groups in total. The predicted molar refractivity (Wildman–Crippen MR) is 69.2 cm³/mol. The SMILES string of the molecule is CCCNC(=O)[C@@H]1CCCN1C(=O)[C@@H]1CCC(=O)N1. The molecule has 3 amide bonds. The zero-order valence-corrected chi connectivity index (χ0v) is 11.3. The molecule has 0 bridgehead atoms. The Morgan fingerprint density at radius 2 is 2.21 bits per heavy atom. The summed E-state index contributed by atoms with van der Waals surface area (Å²) in [6.45, 7) is 3.23. The van der Waals surface area contributed by atoms with E-state index < -0.39 is 6.04 Å². The normalized spacial score (nSPS) is 26.4. The molecule has 2 fully saturated rings. The van der Waals surface area contributed by atoms with Gasteiger partial charge >= 0.3 is 0 Å². The number of likely N-dealkylation sites (tertiary alicyclic amines) is 1. The molecule has 19 heavy (non-hydrogen) atoms. The fraction of sp³-hybridized carbons (Fsp3) is 0.769. The summed E-state index contributed by atoms with van der Waals surface area (Å²) in [5.41, 5.74) is 0. The Labute approximate surface area is 112 Å². The van der Waals surface area contributed by atoms with Crippen LogP contribution in [-0.4, -0.2) is 47.8 Å². The van der Waals surface area contributed by atoms with Crippen LogP contribution in [0.25, 0.3) is 0 Å². The van der Waals surface area contributed by atoms with Crippen molar-refractivity contribution in [3.63, 3.8) is 0 Å². The molecule has 0 aromatic heterocycles. The quantitative estimate of drug-likeness (QED) is 0.739. The van der Waals surface area contributed by atoms with Crippen molar-refractivity contribution in [2.45, 2.75) is 51.1 Å². The van der Waals surface area contributed by atoms with Gasteiger partial charge in [0.1, 0.15) is 12.1 Å². The molecule has 0 aromatic rings. The average Bonchev–Trinajstić information content (AvgIpc) is 3.03. The van der Waals surface area contributed by atoms with Gasteiger partial charge in [-0.1, -0.05) is 6.92 Å². The molecule has 0 radical (unpaired) electrons. The van der Waals surface area contributed by atoms with E-state index in [0.29, 0.717) is 32.4 Å². The second kappa shape index (κ2) is 6.04. The van der Waals surface area contributed by atoms with Crippen molar-refractivity contribution in [1.82, 2.24) is 15.5 Å². The summed E-state index contributed by atoms with van der Waals surface area (Å²) in [6, 6.07) is -0.802. The average molecular weight is 267 g/mol. The molecule has 106 valence electrons. The highest BCUT2D eigenvalue weighted by Gasteiger charge is 2.38. The minimum absolute atomic E-state index is 0.0722. The highest BCUT2D eigenvalue weighted by molar-refractivity contribution is 5.94. The summed E-state index contributed by atoms with van der Waals surface area (Å²) in [5, 5.41) is 5.51. The van der Waals surface area contributed by atoms with E-state index in [9.17, 15) is 14.4 Å². The number of hydrogen-bond acceptors (Lipinski definition) is 3. The summed E-state index contributed by atoms with van der Waals surface area (Å²) in [5.74, 6) is -0.262. The Bertz CT molecular complexity index is 383. The Kier molecular flexibility index (Phi) is 4.39. The van der Waals surface area contributed by atoms with E-state index in [-0.39, 0.29) is 23.8 Å². The van der Waals surface area contributed by atoms with Crippen molar-refractivity contribution < 1.29 is 14.4 Å². The molecule has 0 spiro atoms. The van der Waals surface area contributed by atoms with Gasteiger partial charge in [0.2, 0.25) is 17.7 Å². The molecule has 0 aliphatic carbocycles. The maximum atomic E-state index is 12.3. The standard InChI is InChI=1S/C13H21N3O3/c1-2-7-14-12(18)10-4-3-8-16(10)13(19)9-5-6-11(17)15-9/h9-10H,2-8H2,1H3,(H,14,18)(H,15,17)/t9-,10-/m0/s1. The predicted octanol–water partition coefficient (Wildman–Crippen LogP) is -0.218. The van der Waals surface area contributed by atoms with Crippen LogP contribution in [0.1, 0.15) is 39.0 Å². The van der Waals surface area contributed by atoms with Gasteiger partial charge in [-0.25, -0.2) is 0 Å². The molecule has 0 aromatic carbocycles. The van der Waals surface area contributed by atoms with Crippen LogP contribution in [0.5, 0.6) is 0 Å². The molecular weight excluding hydrogens is 246 g/mol. The number of nitrogens with zero attached hydrogens (tertiary/aromatic N) is 1. The number of carbonyl (C=O) groups is 3. The topological polar surface area (TPSA) is 78.5 Å². The number of nitrogens with one attached hydrogen (secondary N) is 2. The van der Waals surface area contributed by atoms with Crippen LogP contribution in [0.3, 0.4) is 0 Å². The Morgan fingerprint density at radius 1 is 1.42 bits per heavy atom. The largest absolute Gasteiger partial charge is 0.354 e. The lowest BCUT2D eigenvalue weighted by molar-refractivity contribution is -0.140. The third-order valence-electron chi connectivity index (χ3n) is 3.68. The minimum atomic E-state index is -0.438. The highest BCUT2D eigenvalue weighted by Crippen LogP contribution is 2.21. The molecule has 0 saturated carbocycles. The van der Waals surface area contributed by atoms with E-state index in [1.54, 1.807) is 4.90 Å². The fourth-order valence-corrected chi connectivity index (χ4v) is 2.67. The first kappa shape index (κ1) is 13.8. The van der Waals surface area contributed by atoms with Gasteiger partial charge < -0.3 is 15.5 Å². The third-order valence-corrected chi connectivity index (χ3v) is 3.68. The van der Waals surface area contributed by atoms with Crippen molar-refractivity contribution in [3.05, 3.63) is 0 Å². The second-order valence-corrected chi connectivity index (χ2v) is 5.14. The summed E-state index contributed by atoms with van der Waals surface area (Å²) in [7, 11) is 0.